The second-order valence-electron chi connectivity index (χ2n) is 5.08. The summed E-state index contributed by atoms with van der Waals surface area (Å²) in [6.45, 7) is 2.65. The van der Waals surface area contributed by atoms with Crippen LogP contribution >= 0.6 is 24.0 Å². The standard InChI is InChI=1S/C17H15NO3S2/c1-2-9-18-16(20)15(23-17(18)22)10-13-7-8-14(21-13)11-3-5-12(19)6-4-11/h3-8,10,19H,2,9H2,1H3/b15-10-. The van der Waals surface area contributed by atoms with Gasteiger partial charge in [0.2, 0.25) is 0 Å². The van der Waals surface area contributed by atoms with Crippen molar-refractivity contribution in [2.45, 2.75) is 13.3 Å². The lowest BCUT2D eigenvalue weighted by Crippen LogP contribution is -2.28. The summed E-state index contributed by atoms with van der Waals surface area (Å²) < 4.78 is 6.36. The van der Waals surface area contributed by atoms with E-state index in [9.17, 15) is 9.90 Å². The normalized spacial score (nSPS) is 16.6. The van der Waals surface area contributed by atoms with E-state index in [1.54, 1.807) is 35.2 Å². The Labute approximate surface area is 143 Å². The number of phenolic OH excluding ortho intramolecular Hbond substituents is 1. The molecule has 0 unspecified atom stereocenters. The van der Waals surface area contributed by atoms with Gasteiger partial charge in [0, 0.05) is 18.2 Å². The summed E-state index contributed by atoms with van der Waals surface area (Å²) in [7, 11) is 0. The van der Waals surface area contributed by atoms with Crippen LogP contribution in [0.2, 0.25) is 0 Å². The van der Waals surface area contributed by atoms with Crippen LogP contribution in [0.1, 0.15) is 19.1 Å². The molecule has 3 rings (SSSR count). The number of nitrogens with zero attached hydrogens (tertiary/aromatic N) is 1. The van der Waals surface area contributed by atoms with Gasteiger partial charge in [-0.2, -0.15) is 0 Å². The minimum Gasteiger partial charge on any atom is -0.508 e. The summed E-state index contributed by atoms with van der Waals surface area (Å²) in [6, 6.07) is 10.4. The molecule has 1 aliphatic heterocycles. The third-order valence-electron chi connectivity index (χ3n) is 3.37. The smallest absolute Gasteiger partial charge is 0.266 e. The van der Waals surface area contributed by atoms with Crippen molar-refractivity contribution in [3.63, 3.8) is 0 Å². The van der Waals surface area contributed by atoms with E-state index in [-0.39, 0.29) is 11.7 Å². The first kappa shape index (κ1) is 15.8. The lowest BCUT2D eigenvalue weighted by atomic mass is 10.2. The van der Waals surface area contributed by atoms with Crippen LogP contribution in [0.3, 0.4) is 0 Å². The minimum absolute atomic E-state index is 0.0653. The number of thiocarbonyl (C=S) groups is 1. The lowest BCUT2D eigenvalue weighted by molar-refractivity contribution is -0.122. The van der Waals surface area contributed by atoms with Gasteiger partial charge >= 0.3 is 0 Å². The molecule has 4 nitrogen and oxygen atoms in total. The van der Waals surface area contributed by atoms with Crippen LogP contribution in [-0.4, -0.2) is 26.8 Å². The van der Waals surface area contributed by atoms with Crippen molar-refractivity contribution in [3.05, 3.63) is 47.1 Å². The molecule has 0 spiro atoms. The number of furan rings is 1. The lowest BCUT2D eigenvalue weighted by Gasteiger charge is -2.11. The van der Waals surface area contributed by atoms with Gasteiger partial charge in [0.25, 0.3) is 5.91 Å². The topological polar surface area (TPSA) is 53.7 Å². The highest BCUT2D eigenvalue weighted by Crippen LogP contribution is 2.33. The first-order valence-electron chi connectivity index (χ1n) is 7.23. The molecule has 2 aromatic rings. The fourth-order valence-electron chi connectivity index (χ4n) is 2.26. The number of carbonyl (C=O) groups is 1. The van der Waals surface area contributed by atoms with Crippen molar-refractivity contribution in [1.29, 1.82) is 0 Å². The van der Waals surface area contributed by atoms with E-state index in [4.69, 9.17) is 16.6 Å². The number of carbonyl (C=O) groups excluding carboxylic acids is 1. The van der Waals surface area contributed by atoms with Gasteiger partial charge < -0.3 is 9.52 Å². The van der Waals surface area contributed by atoms with E-state index in [0.717, 1.165) is 12.0 Å². The zero-order valence-electron chi connectivity index (χ0n) is 12.5. The summed E-state index contributed by atoms with van der Waals surface area (Å²) in [4.78, 5) is 14.5. The zero-order chi connectivity index (χ0) is 16.4. The molecule has 1 aromatic carbocycles. The van der Waals surface area contributed by atoms with Crippen molar-refractivity contribution >= 4 is 40.3 Å². The van der Waals surface area contributed by atoms with Gasteiger partial charge in [-0.1, -0.05) is 30.9 Å². The van der Waals surface area contributed by atoms with Gasteiger partial charge in [0.05, 0.1) is 4.91 Å². The van der Waals surface area contributed by atoms with Gasteiger partial charge in [-0.25, -0.2) is 0 Å². The van der Waals surface area contributed by atoms with Gasteiger partial charge in [-0.05, 0) is 42.8 Å². The Bertz CT molecular complexity index is 777. The molecule has 0 atom stereocenters. The third-order valence-corrected chi connectivity index (χ3v) is 4.75. The van der Waals surface area contributed by atoms with Crippen molar-refractivity contribution in [2.24, 2.45) is 0 Å². The molecule has 118 valence electrons. The maximum atomic E-state index is 12.3. The minimum atomic E-state index is -0.0653. The number of amides is 1. The summed E-state index contributed by atoms with van der Waals surface area (Å²) in [6.07, 6.45) is 2.59. The number of thioether (sulfide) groups is 1. The second kappa shape index (κ2) is 6.60. The molecule has 1 aliphatic rings. The highest BCUT2D eigenvalue weighted by Gasteiger charge is 2.31. The van der Waals surface area contributed by atoms with Crippen LogP contribution in [0.5, 0.6) is 5.75 Å². The van der Waals surface area contributed by atoms with Crippen LogP contribution in [0, 0.1) is 0 Å². The second-order valence-corrected chi connectivity index (χ2v) is 6.76. The fourth-order valence-corrected chi connectivity index (χ4v) is 3.55. The molecule has 0 radical (unpaired) electrons. The van der Waals surface area contributed by atoms with Crippen molar-refractivity contribution in [2.75, 3.05) is 6.54 Å². The van der Waals surface area contributed by atoms with E-state index in [1.165, 1.54) is 11.8 Å². The molecule has 2 heterocycles. The molecule has 1 saturated heterocycles. The summed E-state index contributed by atoms with van der Waals surface area (Å²) in [5.41, 5.74) is 0.862. The highest BCUT2D eigenvalue weighted by molar-refractivity contribution is 8.26. The van der Waals surface area contributed by atoms with Gasteiger partial charge in [-0.15, -0.1) is 0 Å². The van der Waals surface area contributed by atoms with Crippen molar-refractivity contribution in [1.82, 2.24) is 4.90 Å². The Morgan fingerprint density at radius 3 is 2.70 bits per heavy atom. The maximum absolute atomic E-state index is 12.3. The Balaban J connectivity index is 1.82. The van der Waals surface area contributed by atoms with Crippen LogP contribution < -0.4 is 0 Å². The van der Waals surface area contributed by atoms with E-state index in [0.29, 0.717) is 27.3 Å². The van der Waals surface area contributed by atoms with Crippen LogP contribution in [0.15, 0.2) is 45.7 Å². The van der Waals surface area contributed by atoms with Crippen LogP contribution in [0.25, 0.3) is 17.4 Å². The predicted octanol–water partition coefficient (Wildman–Crippen LogP) is 4.26. The van der Waals surface area contributed by atoms with Crippen molar-refractivity contribution < 1.29 is 14.3 Å². The van der Waals surface area contributed by atoms with Crippen molar-refractivity contribution in [3.8, 4) is 17.1 Å². The van der Waals surface area contributed by atoms with E-state index < -0.39 is 0 Å². The zero-order valence-corrected chi connectivity index (χ0v) is 14.1. The number of benzene rings is 1. The molecule has 1 N–H and O–H groups in total. The van der Waals surface area contributed by atoms with E-state index >= 15 is 0 Å². The molecule has 0 aliphatic carbocycles. The average Bonchev–Trinajstić information content (AvgIpc) is 3.09. The van der Waals surface area contributed by atoms with Gasteiger partial charge in [-0.3, -0.25) is 9.69 Å². The van der Waals surface area contributed by atoms with Crippen LogP contribution in [0.4, 0.5) is 0 Å². The number of phenols is 1. The molecule has 6 heteroatoms. The monoisotopic (exact) mass is 345 g/mol. The number of hydrogen-bond donors (Lipinski definition) is 1. The van der Waals surface area contributed by atoms with Gasteiger partial charge in [0.1, 0.15) is 21.6 Å². The highest BCUT2D eigenvalue weighted by atomic mass is 32.2. The molecular formula is C17H15NO3S2. The Morgan fingerprint density at radius 1 is 1.26 bits per heavy atom. The first-order valence-corrected chi connectivity index (χ1v) is 8.45. The Hall–Kier alpha value is -2.05. The molecule has 0 saturated carbocycles. The number of hydrogen-bond acceptors (Lipinski definition) is 5. The Kier molecular flexibility index (Phi) is 4.54. The number of aromatic hydroxyl groups is 1. The first-order chi connectivity index (χ1) is 11.1. The largest absolute Gasteiger partial charge is 0.508 e. The SMILES string of the molecule is CCCN1C(=O)/C(=C/c2ccc(-c3ccc(O)cc3)o2)SC1=S. The third kappa shape index (κ3) is 3.33. The quantitative estimate of drug-likeness (QED) is 0.663. The maximum Gasteiger partial charge on any atom is 0.266 e. The Morgan fingerprint density at radius 2 is 2.00 bits per heavy atom. The summed E-state index contributed by atoms with van der Waals surface area (Å²) in [5, 5.41) is 9.32. The predicted molar refractivity (Wildman–Crippen MR) is 96.0 cm³/mol. The van der Waals surface area contributed by atoms with E-state index in [2.05, 4.69) is 0 Å². The summed E-state index contributed by atoms with van der Waals surface area (Å²) >= 11 is 6.54. The molecule has 1 fully saturated rings. The fraction of sp³-hybridized carbons (Fsp3) is 0.176. The number of rotatable bonds is 4. The summed E-state index contributed by atoms with van der Waals surface area (Å²) in [5.74, 6) is 1.43. The molecule has 23 heavy (non-hydrogen) atoms. The molecule has 1 aromatic heterocycles. The average molecular weight is 345 g/mol. The molecule has 1 amide bonds. The van der Waals surface area contributed by atoms with Gasteiger partial charge in [0.15, 0.2) is 0 Å². The molecule has 0 bridgehead atoms. The molecular weight excluding hydrogens is 330 g/mol. The van der Waals surface area contributed by atoms with Crippen LogP contribution in [-0.2, 0) is 4.79 Å². The van der Waals surface area contributed by atoms with E-state index in [1.807, 2.05) is 19.1 Å².